The maximum Gasteiger partial charge on any atom is 0.110 e. The quantitative estimate of drug-likeness (QED) is 0.408. The fourth-order valence-electron chi connectivity index (χ4n) is 0.320. The molecule has 54 valence electrons. The molecule has 0 amide bonds. The molecule has 0 heterocycles. The Balaban J connectivity index is 3.44. The predicted octanol–water partition coefficient (Wildman–Crippen LogP) is -1.53. The Morgan fingerprint density at radius 2 is 1.89 bits per heavy atom. The van der Waals surface area contributed by atoms with Crippen LogP contribution in [0.5, 0.6) is 0 Å². The molecule has 0 rings (SSSR count). The van der Waals surface area contributed by atoms with Crippen molar-refractivity contribution >= 4 is 0 Å². The van der Waals surface area contributed by atoms with Crippen LogP contribution < -0.4 is 0 Å². The van der Waals surface area contributed by atoms with E-state index in [1.54, 1.807) is 0 Å². The van der Waals surface area contributed by atoms with Crippen molar-refractivity contribution in [2.45, 2.75) is 12.2 Å². The first-order valence-corrected chi connectivity index (χ1v) is 2.48. The van der Waals surface area contributed by atoms with Gasteiger partial charge in [0, 0.05) is 0 Å². The average Bonchev–Trinajstić information content (AvgIpc) is 1.87. The Morgan fingerprint density at radius 1 is 1.33 bits per heavy atom. The van der Waals surface area contributed by atoms with Gasteiger partial charge in [0.2, 0.25) is 0 Å². The maximum atomic E-state index is 9.43. The highest BCUT2D eigenvalue weighted by molar-refractivity contribution is 4.67. The number of aliphatic hydroxyl groups is 3. The van der Waals surface area contributed by atoms with Crippen LogP contribution in [-0.4, -0.2) is 40.7 Å². The largest absolute Gasteiger partial charge is 0.394 e. The van der Waals surface area contributed by atoms with E-state index in [1.807, 2.05) is 0 Å². The van der Waals surface area contributed by atoms with E-state index in [0.29, 0.717) is 0 Å². The van der Waals surface area contributed by atoms with Crippen molar-refractivity contribution in [1.82, 2.24) is 0 Å². The maximum absolute atomic E-state index is 9.43. The Kier molecular flexibility index (Phi) is 4.12. The molecule has 0 aliphatic heterocycles. The lowest BCUT2D eigenvalue weighted by Gasteiger charge is -2.10. The molecule has 0 aromatic heterocycles. The van der Waals surface area contributed by atoms with Crippen LogP contribution in [0.15, 0.2) is 5.18 Å². The summed E-state index contributed by atoms with van der Waals surface area (Å²) in [5.74, 6) is 0. The molecule has 0 saturated heterocycles. The summed E-state index contributed by atoms with van der Waals surface area (Å²) in [6.07, 6.45) is -2.50. The molecule has 9 heavy (non-hydrogen) atoms. The molecule has 0 bridgehead atoms. The van der Waals surface area contributed by atoms with Crippen LogP contribution in [0, 0.1) is 4.91 Å². The van der Waals surface area contributed by atoms with E-state index in [9.17, 15) is 4.91 Å². The van der Waals surface area contributed by atoms with Gasteiger partial charge in [-0.1, -0.05) is 5.18 Å². The van der Waals surface area contributed by atoms with Gasteiger partial charge in [-0.15, -0.1) is 0 Å². The number of rotatable bonds is 4. The number of aliphatic hydroxyl groups excluding tert-OH is 3. The Labute approximate surface area is 51.9 Å². The van der Waals surface area contributed by atoms with Crippen LogP contribution in [-0.2, 0) is 0 Å². The topological polar surface area (TPSA) is 90.1 Å². The molecular weight excluding hydrogens is 126 g/mol. The molecule has 0 fully saturated rings. The first-order valence-electron chi connectivity index (χ1n) is 2.48. The van der Waals surface area contributed by atoms with Crippen molar-refractivity contribution in [3.05, 3.63) is 4.91 Å². The molecule has 5 heteroatoms. The zero-order chi connectivity index (χ0) is 7.28. The van der Waals surface area contributed by atoms with E-state index in [4.69, 9.17) is 15.3 Å². The van der Waals surface area contributed by atoms with Gasteiger partial charge in [0.15, 0.2) is 0 Å². The summed E-state index contributed by atoms with van der Waals surface area (Å²) in [6, 6.07) is 0. The molecule has 5 nitrogen and oxygen atoms in total. The van der Waals surface area contributed by atoms with Gasteiger partial charge in [0.25, 0.3) is 0 Å². The lowest BCUT2D eigenvalue weighted by molar-refractivity contribution is -0.00884. The summed E-state index contributed by atoms with van der Waals surface area (Å²) in [5, 5.41) is 27.7. The van der Waals surface area contributed by atoms with E-state index in [-0.39, 0.29) is 6.54 Å². The minimum atomic E-state index is -1.26. The molecular formula is C4H9NO4. The second-order valence-corrected chi connectivity index (χ2v) is 1.63. The van der Waals surface area contributed by atoms with Gasteiger partial charge in [-0.05, 0) is 0 Å². The Hall–Kier alpha value is -0.520. The molecule has 0 radical (unpaired) electrons. The summed E-state index contributed by atoms with van der Waals surface area (Å²) in [7, 11) is 0. The van der Waals surface area contributed by atoms with E-state index in [0.717, 1.165) is 0 Å². The van der Waals surface area contributed by atoms with Crippen LogP contribution >= 0.6 is 0 Å². The number of nitroso groups, excluding NO2 is 1. The highest BCUT2D eigenvalue weighted by atomic mass is 16.4. The molecule has 0 aliphatic rings. The van der Waals surface area contributed by atoms with E-state index < -0.39 is 18.8 Å². The lowest BCUT2D eigenvalue weighted by atomic mass is 10.2. The Morgan fingerprint density at radius 3 is 2.22 bits per heavy atom. The number of nitrogens with zero attached hydrogens (tertiary/aromatic N) is 1. The molecule has 2 atom stereocenters. The zero-order valence-electron chi connectivity index (χ0n) is 4.77. The summed E-state index contributed by atoms with van der Waals surface area (Å²) < 4.78 is 0. The molecule has 0 aromatic rings. The molecule has 0 aliphatic carbocycles. The van der Waals surface area contributed by atoms with E-state index in [1.165, 1.54) is 0 Å². The second kappa shape index (κ2) is 4.37. The molecule has 0 aromatic carbocycles. The van der Waals surface area contributed by atoms with Crippen molar-refractivity contribution in [2.24, 2.45) is 5.18 Å². The molecule has 2 unspecified atom stereocenters. The van der Waals surface area contributed by atoms with Crippen molar-refractivity contribution in [3.8, 4) is 0 Å². The number of hydrogen-bond donors (Lipinski definition) is 3. The monoisotopic (exact) mass is 135 g/mol. The third kappa shape index (κ3) is 3.12. The Bertz CT molecular complexity index is 86.6. The van der Waals surface area contributed by atoms with Crippen molar-refractivity contribution in [2.75, 3.05) is 13.2 Å². The van der Waals surface area contributed by atoms with Crippen molar-refractivity contribution in [3.63, 3.8) is 0 Å². The highest BCUT2D eigenvalue weighted by Crippen LogP contribution is 1.91. The molecule has 3 N–H and O–H groups in total. The summed E-state index contributed by atoms with van der Waals surface area (Å²) in [6.45, 7) is -0.946. The summed E-state index contributed by atoms with van der Waals surface area (Å²) in [5.41, 5.74) is 0. The van der Waals surface area contributed by atoms with Gasteiger partial charge >= 0.3 is 0 Å². The van der Waals surface area contributed by atoms with E-state index >= 15 is 0 Å². The van der Waals surface area contributed by atoms with Crippen LogP contribution in [0.25, 0.3) is 0 Å². The zero-order valence-corrected chi connectivity index (χ0v) is 4.77. The van der Waals surface area contributed by atoms with Gasteiger partial charge in [-0.25, -0.2) is 0 Å². The highest BCUT2D eigenvalue weighted by Gasteiger charge is 2.14. The normalized spacial score (nSPS) is 16.8. The minimum Gasteiger partial charge on any atom is -0.394 e. The van der Waals surface area contributed by atoms with Gasteiger partial charge in [0.1, 0.15) is 18.8 Å². The first-order chi connectivity index (χ1) is 4.22. The fourth-order valence-corrected chi connectivity index (χ4v) is 0.320. The van der Waals surface area contributed by atoms with Crippen LogP contribution in [0.4, 0.5) is 0 Å². The summed E-state index contributed by atoms with van der Waals surface area (Å²) in [4.78, 5) is 9.43. The van der Waals surface area contributed by atoms with Gasteiger partial charge in [-0.2, -0.15) is 4.91 Å². The minimum absolute atomic E-state index is 0.387. The molecule has 0 spiro atoms. The van der Waals surface area contributed by atoms with Crippen molar-refractivity contribution in [1.29, 1.82) is 0 Å². The smallest absolute Gasteiger partial charge is 0.110 e. The van der Waals surface area contributed by atoms with Crippen LogP contribution in [0.2, 0.25) is 0 Å². The van der Waals surface area contributed by atoms with Crippen LogP contribution in [0.3, 0.4) is 0 Å². The van der Waals surface area contributed by atoms with Gasteiger partial charge in [0.05, 0.1) is 6.61 Å². The SMILES string of the molecule is O=NCC(O)C(O)CO. The van der Waals surface area contributed by atoms with Crippen LogP contribution in [0.1, 0.15) is 0 Å². The second-order valence-electron chi connectivity index (χ2n) is 1.63. The van der Waals surface area contributed by atoms with E-state index in [2.05, 4.69) is 5.18 Å². The first kappa shape index (κ1) is 8.48. The van der Waals surface area contributed by atoms with Gasteiger partial charge < -0.3 is 15.3 Å². The van der Waals surface area contributed by atoms with Gasteiger partial charge in [-0.3, -0.25) is 0 Å². The fraction of sp³-hybridized carbons (Fsp3) is 1.00. The standard InChI is InChI=1S/C4H9NO4/c6-2-4(8)3(7)1-5-9/h3-4,6-8H,1-2H2. The average molecular weight is 135 g/mol. The lowest BCUT2D eigenvalue weighted by Crippen LogP contribution is -2.31. The summed E-state index contributed by atoms with van der Waals surface area (Å²) >= 11 is 0. The third-order valence-corrected chi connectivity index (χ3v) is 0.893. The molecule has 0 saturated carbocycles. The van der Waals surface area contributed by atoms with Crippen molar-refractivity contribution < 1.29 is 15.3 Å². The third-order valence-electron chi connectivity index (χ3n) is 0.893. The predicted molar refractivity (Wildman–Crippen MR) is 29.8 cm³/mol. The number of hydrogen-bond acceptors (Lipinski definition) is 5.